The Labute approximate surface area is 131 Å². The smallest absolute Gasteiger partial charge is 0.341 e. The Bertz CT molecular complexity index is 711. The van der Waals surface area contributed by atoms with Gasteiger partial charge in [0.2, 0.25) is 9.84 Å². The molecule has 0 unspecified atom stereocenters. The Kier molecular flexibility index (Phi) is 4.69. The van der Waals surface area contributed by atoms with E-state index in [-0.39, 0.29) is 12.0 Å². The summed E-state index contributed by atoms with van der Waals surface area (Å²) in [5.74, 6) is -5.12. The lowest BCUT2D eigenvalue weighted by molar-refractivity contribution is -0.139. The van der Waals surface area contributed by atoms with E-state index in [9.17, 15) is 26.8 Å². The lowest BCUT2D eigenvalue weighted by Gasteiger charge is -2.41. The molecule has 0 heterocycles. The second-order valence-corrected chi connectivity index (χ2v) is 7.41. The summed E-state index contributed by atoms with van der Waals surface area (Å²) < 4.78 is 47.5. The molecule has 0 radical (unpaired) electrons. The predicted octanol–water partition coefficient (Wildman–Crippen LogP) is 1.81. The van der Waals surface area contributed by atoms with Crippen molar-refractivity contribution in [2.45, 2.75) is 41.9 Å². The molecule has 2 rings (SSSR count). The second kappa shape index (κ2) is 6.23. The Balaban J connectivity index is 2.13. The summed E-state index contributed by atoms with van der Waals surface area (Å²) in [4.78, 5) is 22.4. The molecule has 0 atom stereocenters. The van der Waals surface area contributed by atoms with Crippen molar-refractivity contribution in [3.05, 3.63) is 29.8 Å². The minimum Gasteiger partial charge on any atom is -0.481 e. The third kappa shape index (κ3) is 3.66. The molecular weight excluding hydrogens is 332 g/mol. The van der Waals surface area contributed by atoms with Crippen LogP contribution in [0.5, 0.6) is 0 Å². The summed E-state index contributed by atoms with van der Waals surface area (Å²) in [5.41, 5.74) is -0.716. The lowest BCUT2D eigenvalue weighted by Crippen LogP contribution is -2.54. The SMILES string of the molecule is O=C(O)CC1(NC(=O)c2ccc(S(=O)(=O)C(F)F)cc2)CCC1. The highest BCUT2D eigenvalue weighted by Gasteiger charge is 2.40. The number of carbonyl (C=O) groups is 2. The van der Waals surface area contributed by atoms with Gasteiger partial charge in [0, 0.05) is 5.56 Å². The quantitative estimate of drug-likeness (QED) is 0.817. The van der Waals surface area contributed by atoms with Gasteiger partial charge in [-0.2, -0.15) is 8.78 Å². The topological polar surface area (TPSA) is 101 Å². The standard InChI is InChI=1S/C14H15F2NO5S/c15-13(16)23(21,22)10-4-2-9(3-5-10)12(20)17-14(6-1-7-14)8-11(18)19/h2-5,13H,1,6-8H2,(H,17,20)(H,18,19). The maximum Gasteiger partial charge on any atom is 0.341 e. The lowest BCUT2D eigenvalue weighted by atomic mass is 9.74. The van der Waals surface area contributed by atoms with Gasteiger partial charge in [-0.25, -0.2) is 8.42 Å². The average Bonchev–Trinajstić information content (AvgIpc) is 2.44. The molecule has 1 aromatic carbocycles. The number of halogens is 2. The summed E-state index contributed by atoms with van der Waals surface area (Å²) >= 11 is 0. The van der Waals surface area contributed by atoms with Crippen molar-refractivity contribution in [2.75, 3.05) is 0 Å². The van der Waals surface area contributed by atoms with Gasteiger partial charge in [-0.3, -0.25) is 9.59 Å². The number of carbonyl (C=O) groups excluding carboxylic acids is 1. The van der Waals surface area contributed by atoms with Gasteiger partial charge in [0.15, 0.2) is 0 Å². The molecule has 9 heteroatoms. The zero-order chi connectivity index (χ0) is 17.3. The van der Waals surface area contributed by atoms with Crippen LogP contribution in [0.2, 0.25) is 0 Å². The number of alkyl halides is 2. The first-order chi connectivity index (χ1) is 10.7. The number of sulfone groups is 1. The van der Waals surface area contributed by atoms with Crippen molar-refractivity contribution in [1.82, 2.24) is 5.32 Å². The number of hydrogen-bond acceptors (Lipinski definition) is 4. The Morgan fingerprint density at radius 2 is 1.78 bits per heavy atom. The molecule has 1 amide bonds. The van der Waals surface area contributed by atoms with Crippen molar-refractivity contribution < 1.29 is 31.9 Å². The number of nitrogens with one attached hydrogen (secondary N) is 1. The monoisotopic (exact) mass is 347 g/mol. The molecule has 6 nitrogen and oxygen atoms in total. The van der Waals surface area contributed by atoms with Crippen LogP contribution < -0.4 is 5.32 Å². The van der Waals surface area contributed by atoms with E-state index in [0.717, 1.165) is 30.7 Å². The van der Waals surface area contributed by atoms with Crippen molar-refractivity contribution in [1.29, 1.82) is 0 Å². The van der Waals surface area contributed by atoms with Crippen LogP contribution in [-0.4, -0.2) is 36.7 Å². The van der Waals surface area contributed by atoms with Crippen molar-refractivity contribution in [3.63, 3.8) is 0 Å². The molecule has 0 aliphatic heterocycles. The van der Waals surface area contributed by atoms with Gasteiger partial charge in [-0.1, -0.05) is 0 Å². The Hall–Kier alpha value is -2.03. The predicted molar refractivity (Wildman–Crippen MR) is 75.9 cm³/mol. The molecule has 1 saturated carbocycles. The molecular formula is C14H15F2NO5S. The highest BCUT2D eigenvalue weighted by atomic mass is 32.2. The first-order valence-corrected chi connectivity index (χ1v) is 8.37. The van der Waals surface area contributed by atoms with Crippen LogP contribution in [0.4, 0.5) is 8.78 Å². The molecule has 0 aromatic heterocycles. The number of carboxylic acids is 1. The van der Waals surface area contributed by atoms with Gasteiger partial charge < -0.3 is 10.4 Å². The van der Waals surface area contributed by atoms with Gasteiger partial charge in [-0.15, -0.1) is 0 Å². The summed E-state index contributed by atoms with van der Waals surface area (Å²) in [5, 5.41) is 11.5. The molecule has 0 saturated heterocycles. The minimum atomic E-state index is -4.71. The fraction of sp³-hybridized carbons (Fsp3) is 0.429. The van der Waals surface area contributed by atoms with Crippen LogP contribution in [0.3, 0.4) is 0 Å². The maximum absolute atomic E-state index is 12.4. The van der Waals surface area contributed by atoms with E-state index in [1.54, 1.807) is 0 Å². The molecule has 126 valence electrons. The Morgan fingerprint density at radius 1 is 1.22 bits per heavy atom. The average molecular weight is 347 g/mol. The van der Waals surface area contributed by atoms with Gasteiger partial charge in [0.1, 0.15) is 0 Å². The second-order valence-electron chi connectivity index (χ2n) is 5.49. The van der Waals surface area contributed by atoms with Crippen molar-refractivity contribution in [2.24, 2.45) is 0 Å². The molecule has 1 aliphatic rings. The summed E-state index contributed by atoms with van der Waals surface area (Å²) in [6.45, 7) is 0. The van der Waals surface area contributed by atoms with E-state index >= 15 is 0 Å². The van der Waals surface area contributed by atoms with Crippen LogP contribution in [-0.2, 0) is 14.6 Å². The third-order valence-electron chi connectivity index (χ3n) is 3.86. The van der Waals surface area contributed by atoms with E-state index < -0.39 is 37.9 Å². The number of benzene rings is 1. The Morgan fingerprint density at radius 3 is 2.17 bits per heavy atom. The molecule has 1 fully saturated rings. The highest BCUT2D eigenvalue weighted by Crippen LogP contribution is 2.35. The van der Waals surface area contributed by atoms with Crippen LogP contribution in [0, 0.1) is 0 Å². The summed E-state index contributed by atoms with van der Waals surface area (Å²) in [6, 6.07) is 4.11. The highest BCUT2D eigenvalue weighted by molar-refractivity contribution is 7.91. The first-order valence-electron chi connectivity index (χ1n) is 6.83. The molecule has 0 spiro atoms. The number of carboxylic acid groups (broad SMARTS) is 1. The van der Waals surface area contributed by atoms with E-state index in [1.165, 1.54) is 0 Å². The molecule has 1 aromatic rings. The fourth-order valence-corrected chi connectivity index (χ4v) is 3.17. The number of aliphatic carboxylic acids is 1. The third-order valence-corrected chi connectivity index (χ3v) is 5.26. The fourth-order valence-electron chi connectivity index (χ4n) is 2.45. The van der Waals surface area contributed by atoms with Crippen LogP contribution in [0.15, 0.2) is 29.2 Å². The van der Waals surface area contributed by atoms with E-state index in [4.69, 9.17) is 5.11 Å². The normalized spacial score (nSPS) is 16.7. The zero-order valence-corrected chi connectivity index (χ0v) is 12.8. The number of rotatable bonds is 6. The zero-order valence-electron chi connectivity index (χ0n) is 12.0. The van der Waals surface area contributed by atoms with Crippen molar-refractivity contribution in [3.8, 4) is 0 Å². The summed E-state index contributed by atoms with van der Waals surface area (Å²) in [6.07, 6.45) is 1.70. The van der Waals surface area contributed by atoms with Crippen molar-refractivity contribution >= 4 is 21.7 Å². The molecule has 23 heavy (non-hydrogen) atoms. The largest absolute Gasteiger partial charge is 0.481 e. The van der Waals surface area contributed by atoms with Gasteiger partial charge in [0.05, 0.1) is 16.9 Å². The molecule has 0 bridgehead atoms. The van der Waals surface area contributed by atoms with E-state index in [2.05, 4.69) is 5.32 Å². The molecule has 2 N–H and O–H groups in total. The van der Waals surface area contributed by atoms with Gasteiger partial charge >= 0.3 is 11.7 Å². The minimum absolute atomic E-state index is 0.0786. The van der Waals surface area contributed by atoms with E-state index in [0.29, 0.717) is 12.8 Å². The number of amides is 1. The maximum atomic E-state index is 12.4. The summed E-state index contributed by atoms with van der Waals surface area (Å²) in [7, 11) is -4.71. The molecule has 1 aliphatic carbocycles. The number of hydrogen-bond donors (Lipinski definition) is 2. The van der Waals surface area contributed by atoms with Gasteiger partial charge in [0.25, 0.3) is 5.91 Å². The first kappa shape index (κ1) is 17.3. The van der Waals surface area contributed by atoms with Crippen LogP contribution in [0.25, 0.3) is 0 Å². The van der Waals surface area contributed by atoms with Crippen LogP contribution in [0.1, 0.15) is 36.0 Å². The van der Waals surface area contributed by atoms with Gasteiger partial charge in [-0.05, 0) is 43.5 Å². The van der Waals surface area contributed by atoms with E-state index in [1.807, 2.05) is 0 Å². The van der Waals surface area contributed by atoms with Crippen LogP contribution >= 0.6 is 0 Å².